The summed E-state index contributed by atoms with van der Waals surface area (Å²) >= 11 is 0. The Morgan fingerprint density at radius 2 is 1.83 bits per heavy atom. The molecule has 2 fully saturated rings. The third kappa shape index (κ3) is 5.48. The van der Waals surface area contributed by atoms with Crippen LogP contribution in [0.2, 0.25) is 0 Å². The molecule has 0 spiro atoms. The first-order valence-electron chi connectivity index (χ1n) is 9.13. The van der Waals surface area contributed by atoms with E-state index < -0.39 is 0 Å². The van der Waals surface area contributed by atoms with Crippen LogP contribution in [-0.4, -0.2) is 60.5 Å². The Bertz CT molecular complexity index is 403. The Morgan fingerprint density at radius 1 is 1.13 bits per heavy atom. The van der Waals surface area contributed by atoms with Crippen LogP contribution < -0.4 is 0 Å². The molecular formula is C18H32N2O3. The number of carbonyl (C=O) groups excluding carboxylic acids is 2. The van der Waals surface area contributed by atoms with Gasteiger partial charge in [-0.25, -0.2) is 0 Å². The Hall–Kier alpha value is -1.10. The molecule has 0 N–H and O–H groups in total. The first-order chi connectivity index (χ1) is 11.0. The van der Waals surface area contributed by atoms with Gasteiger partial charge < -0.3 is 14.5 Å². The summed E-state index contributed by atoms with van der Waals surface area (Å²) in [5, 5.41) is 0. The summed E-state index contributed by atoms with van der Waals surface area (Å²) in [6.07, 6.45) is 5.23. The van der Waals surface area contributed by atoms with E-state index in [4.69, 9.17) is 4.74 Å². The van der Waals surface area contributed by atoms with Crippen molar-refractivity contribution in [3.05, 3.63) is 0 Å². The van der Waals surface area contributed by atoms with Gasteiger partial charge >= 0.3 is 0 Å². The average Bonchev–Trinajstić information content (AvgIpc) is 2.54. The maximum absolute atomic E-state index is 12.7. The van der Waals surface area contributed by atoms with Gasteiger partial charge in [-0.3, -0.25) is 9.59 Å². The van der Waals surface area contributed by atoms with Crippen molar-refractivity contribution in [3.63, 3.8) is 0 Å². The van der Waals surface area contributed by atoms with Crippen LogP contribution in [0.3, 0.4) is 0 Å². The standard InChI is InChI=1S/C18H32N2O3/c1-14(2)5-4-6-17-13-20(11-12-23-17)18(22)16-7-9-19(10-8-16)15(3)21/h14,16-17H,4-13H2,1-3H3/t17-/m1/s1. The molecule has 0 saturated carbocycles. The number of rotatable bonds is 5. The Balaban J connectivity index is 1.77. The lowest BCUT2D eigenvalue weighted by molar-refractivity contribution is -0.146. The largest absolute Gasteiger partial charge is 0.375 e. The highest BCUT2D eigenvalue weighted by Gasteiger charge is 2.32. The number of amides is 2. The van der Waals surface area contributed by atoms with Gasteiger partial charge in [-0.05, 0) is 25.2 Å². The third-order valence-electron chi connectivity index (χ3n) is 5.05. The highest BCUT2D eigenvalue weighted by Crippen LogP contribution is 2.22. The van der Waals surface area contributed by atoms with E-state index in [-0.39, 0.29) is 23.8 Å². The molecule has 0 aromatic heterocycles. The first kappa shape index (κ1) is 18.2. The molecule has 2 amide bonds. The van der Waals surface area contributed by atoms with E-state index in [0.29, 0.717) is 26.2 Å². The molecule has 0 aliphatic carbocycles. The van der Waals surface area contributed by atoms with Gasteiger partial charge in [0.05, 0.1) is 12.7 Å². The molecule has 1 atom stereocenters. The normalized spacial score (nSPS) is 23.4. The topological polar surface area (TPSA) is 49.9 Å². The minimum absolute atomic E-state index is 0.0833. The second-order valence-electron chi connectivity index (χ2n) is 7.38. The minimum atomic E-state index is 0.0833. The Labute approximate surface area is 140 Å². The second kappa shape index (κ2) is 8.67. The van der Waals surface area contributed by atoms with Crippen LogP contribution in [0, 0.1) is 11.8 Å². The van der Waals surface area contributed by atoms with E-state index in [1.165, 1.54) is 12.8 Å². The predicted molar refractivity (Wildman–Crippen MR) is 90.0 cm³/mol. The minimum Gasteiger partial charge on any atom is -0.375 e. The Morgan fingerprint density at radius 3 is 2.43 bits per heavy atom. The van der Waals surface area contributed by atoms with Crippen molar-refractivity contribution in [3.8, 4) is 0 Å². The van der Waals surface area contributed by atoms with Crippen molar-refractivity contribution in [2.75, 3.05) is 32.8 Å². The summed E-state index contributed by atoms with van der Waals surface area (Å²) < 4.78 is 5.83. The van der Waals surface area contributed by atoms with Gasteiger partial charge in [0.25, 0.3) is 0 Å². The Kier molecular flexibility index (Phi) is 6.88. The molecule has 5 nitrogen and oxygen atoms in total. The fourth-order valence-electron chi connectivity index (χ4n) is 3.55. The zero-order valence-electron chi connectivity index (χ0n) is 14.9. The second-order valence-corrected chi connectivity index (χ2v) is 7.38. The van der Waals surface area contributed by atoms with E-state index in [2.05, 4.69) is 13.8 Å². The van der Waals surface area contributed by atoms with Crippen LogP contribution in [0.1, 0.15) is 52.9 Å². The lowest BCUT2D eigenvalue weighted by atomic mass is 9.94. The lowest BCUT2D eigenvalue weighted by Gasteiger charge is -2.37. The van der Waals surface area contributed by atoms with Crippen LogP contribution >= 0.6 is 0 Å². The van der Waals surface area contributed by atoms with Gasteiger partial charge in [0.15, 0.2) is 0 Å². The molecular weight excluding hydrogens is 292 g/mol. The van der Waals surface area contributed by atoms with Crippen molar-refractivity contribution in [1.82, 2.24) is 9.80 Å². The van der Waals surface area contributed by atoms with Crippen molar-refractivity contribution < 1.29 is 14.3 Å². The molecule has 5 heteroatoms. The maximum Gasteiger partial charge on any atom is 0.225 e. The number of nitrogens with zero attached hydrogens (tertiary/aromatic N) is 2. The highest BCUT2D eigenvalue weighted by molar-refractivity contribution is 5.80. The summed E-state index contributed by atoms with van der Waals surface area (Å²) in [5.74, 6) is 1.20. The number of ether oxygens (including phenoxy) is 1. The quantitative estimate of drug-likeness (QED) is 0.780. The van der Waals surface area contributed by atoms with Gasteiger partial charge in [0.1, 0.15) is 0 Å². The van der Waals surface area contributed by atoms with Crippen LogP contribution in [-0.2, 0) is 14.3 Å². The monoisotopic (exact) mass is 324 g/mol. The highest BCUT2D eigenvalue weighted by atomic mass is 16.5. The molecule has 2 saturated heterocycles. The van der Waals surface area contributed by atoms with Gasteiger partial charge in [0, 0.05) is 39.0 Å². The van der Waals surface area contributed by atoms with E-state index in [9.17, 15) is 9.59 Å². The van der Waals surface area contributed by atoms with Crippen molar-refractivity contribution in [1.29, 1.82) is 0 Å². The molecule has 2 rings (SSSR count). The molecule has 2 heterocycles. The SMILES string of the molecule is CC(=O)N1CCC(C(=O)N2CCO[C@H](CCCC(C)C)C2)CC1. The molecule has 0 unspecified atom stereocenters. The summed E-state index contributed by atoms with van der Waals surface area (Å²) in [4.78, 5) is 27.9. The number of likely N-dealkylation sites (tertiary alicyclic amines) is 1. The number of hydrogen-bond donors (Lipinski definition) is 0. The van der Waals surface area contributed by atoms with E-state index in [1.54, 1.807) is 6.92 Å². The van der Waals surface area contributed by atoms with Gasteiger partial charge in [-0.1, -0.05) is 26.7 Å². The summed E-state index contributed by atoms with van der Waals surface area (Å²) in [6.45, 7) is 9.63. The van der Waals surface area contributed by atoms with E-state index in [0.717, 1.165) is 31.7 Å². The number of piperidine rings is 1. The van der Waals surface area contributed by atoms with Gasteiger partial charge in [-0.15, -0.1) is 0 Å². The lowest BCUT2D eigenvalue weighted by Crippen LogP contribution is -2.50. The third-order valence-corrected chi connectivity index (χ3v) is 5.05. The van der Waals surface area contributed by atoms with E-state index in [1.807, 2.05) is 9.80 Å². The summed E-state index contributed by atoms with van der Waals surface area (Å²) in [6, 6.07) is 0. The van der Waals surface area contributed by atoms with Crippen LogP contribution in [0.5, 0.6) is 0 Å². The average molecular weight is 324 g/mol. The van der Waals surface area contributed by atoms with Crippen molar-refractivity contribution >= 4 is 11.8 Å². The van der Waals surface area contributed by atoms with Crippen LogP contribution in [0.4, 0.5) is 0 Å². The van der Waals surface area contributed by atoms with Crippen LogP contribution in [0.15, 0.2) is 0 Å². The summed E-state index contributed by atoms with van der Waals surface area (Å²) in [5.41, 5.74) is 0. The molecule has 0 aromatic rings. The van der Waals surface area contributed by atoms with Gasteiger partial charge in [0.2, 0.25) is 11.8 Å². The van der Waals surface area contributed by atoms with Crippen molar-refractivity contribution in [2.24, 2.45) is 11.8 Å². The predicted octanol–water partition coefficient (Wildman–Crippen LogP) is 2.30. The molecule has 0 radical (unpaired) electrons. The smallest absolute Gasteiger partial charge is 0.225 e. The van der Waals surface area contributed by atoms with E-state index >= 15 is 0 Å². The fourth-order valence-corrected chi connectivity index (χ4v) is 3.55. The molecule has 23 heavy (non-hydrogen) atoms. The van der Waals surface area contributed by atoms with Crippen molar-refractivity contribution in [2.45, 2.75) is 59.0 Å². The maximum atomic E-state index is 12.7. The van der Waals surface area contributed by atoms with Gasteiger partial charge in [-0.2, -0.15) is 0 Å². The molecule has 132 valence electrons. The van der Waals surface area contributed by atoms with Crippen LogP contribution in [0.25, 0.3) is 0 Å². The summed E-state index contributed by atoms with van der Waals surface area (Å²) in [7, 11) is 0. The number of hydrogen-bond acceptors (Lipinski definition) is 3. The zero-order chi connectivity index (χ0) is 16.8. The number of carbonyl (C=O) groups is 2. The fraction of sp³-hybridized carbons (Fsp3) is 0.889. The number of morpholine rings is 1. The molecule has 0 aromatic carbocycles. The molecule has 2 aliphatic heterocycles. The molecule has 2 aliphatic rings. The first-order valence-corrected chi connectivity index (χ1v) is 9.13. The molecule has 0 bridgehead atoms. The zero-order valence-corrected chi connectivity index (χ0v) is 14.9.